The topological polar surface area (TPSA) is 103 Å². The Balaban J connectivity index is 1.56. The number of hydrogen-bond donors (Lipinski definition) is 2. The number of nitrogens with two attached hydrogens (primary N) is 1. The summed E-state index contributed by atoms with van der Waals surface area (Å²) in [6.07, 6.45) is 5.53. The summed E-state index contributed by atoms with van der Waals surface area (Å²) in [6, 6.07) is 9.95. The van der Waals surface area contributed by atoms with Crippen LogP contribution in [0.3, 0.4) is 0 Å². The predicted octanol–water partition coefficient (Wildman–Crippen LogP) is 2.79. The molecular formula is C19H22N4O3S. The zero-order valence-corrected chi connectivity index (χ0v) is 16.0. The van der Waals surface area contributed by atoms with Crippen molar-refractivity contribution in [2.75, 3.05) is 6.26 Å². The molecular weight excluding hydrogens is 364 g/mol. The number of primary amides is 1. The smallest absolute Gasteiger partial charge is 0.286 e. The number of nitrogens with zero attached hydrogens (tertiary/aromatic N) is 2. The number of hydroxylamine groups is 1. The first-order valence-electron chi connectivity index (χ1n) is 8.91. The maximum absolute atomic E-state index is 11.6. The van der Waals surface area contributed by atoms with Crippen molar-refractivity contribution in [3.05, 3.63) is 59.5 Å². The lowest BCUT2D eigenvalue weighted by Gasteiger charge is -2.44. The van der Waals surface area contributed by atoms with E-state index >= 15 is 0 Å². The number of hydrogen-bond acceptors (Lipinski definition) is 7. The molecule has 1 aliphatic carbocycles. The van der Waals surface area contributed by atoms with Crippen LogP contribution in [0, 0.1) is 5.92 Å². The SMILES string of the molecule is CSC(C)c1nnc(C2CC([C@@]3(c4ccccc4)C=C(C(N)=O)ON3)C2)o1. The summed E-state index contributed by atoms with van der Waals surface area (Å²) in [5, 5.41) is 8.59. The summed E-state index contributed by atoms with van der Waals surface area (Å²) >= 11 is 1.67. The Morgan fingerprint density at radius 1 is 1.33 bits per heavy atom. The van der Waals surface area contributed by atoms with E-state index in [1.807, 2.05) is 43.5 Å². The highest BCUT2D eigenvalue weighted by atomic mass is 32.2. The third kappa shape index (κ3) is 3.12. The van der Waals surface area contributed by atoms with Crippen molar-refractivity contribution in [2.24, 2.45) is 11.7 Å². The van der Waals surface area contributed by atoms with Crippen LogP contribution in [0.5, 0.6) is 0 Å². The fourth-order valence-electron chi connectivity index (χ4n) is 3.69. The molecule has 27 heavy (non-hydrogen) atoms. The molecule has 4 rings (SSSR count). The second-order valence-electron chi connectivity index (χ2n) is 7.03. The van der Waals surface area contributed by atoms with Crippen molar-refractivity contribution < 1.29 is 14.0 Å². The zero-order valence-electron chi connectivity index (χ0n) is 15.2. The summed E-state index contributed by atoms with van der Waals surface area (Å²) in [5.74, 6) is 1.34. The lowest BCUT2D eigenvalue weighted by Crippen LogP contribution is -2.48. The second-order valence-corrected chi connectivity index (χ2v) is 8.21. The van der Waals surface area contributed by atoms with Gasteiger partial charge >= 0.3 is 0 Å². The fourth-order valence-corrected chi connectivity index (χ4v) is 3.98. The van der Waals surface area contributed by atoms with Crippen molar-refractivity contribution >= 4 is 17.7 Å². The Morgan fingerprint density at radius 2 is 2.07 bits per heavy atom. The Hall–Kier alpha value is -2.32. The largest absolute Gasteiger partial charge is 0.424 e. The summed E-state index contributed by atoms with van der Waals surface area (Å²) in [5.41, 5.74) is 8.92. The molecule has 1 fully saturated rings. The Kier molecular flexibility index (Phi) is 4.69. The van der Waals surface area contributed by atoms with Gasteiger partial charge in [-0.15, -0.1) is 15.7 Å². The first-order valence-corrected chi connectivity index (χ1v) is 10.2. The van der Waals surface area contributed by atoms with Gasteiger partial charge in [0.05, 0.1) is 5.25 Å². The molecule has 2 atom stereocenters. The molecule has 2 heterocycles. The molecule has 1 aliphatic heterocycles. The summed E-state index contributed by atoms with van der Waals surface area (Å²) in [6.45, 7) is 2.05. The molecule has 8 heteroatoms. The third-order valence-electron chi connectivity index (χ3n) is 5.47. The molecule has 142 valence electrons. The van der Waals surface area contributed by atoms with Gasteiger partial charge in [0.25, 0.3) is 5.91 Å². The van der Waals surface area contributed by atoms with Crippen molar-refractivity contribution in [1.82, 2.24) is 15.7 Å². The van der Waals surface area contributed by atoms with E-state index in [1.165, 1.54) is 0 Å². The number of benzene rings is 1. The van der Waals surface area contributed by atoms with Crippen LogP contribution in [0.2, 0.25) is 0 Å². The molecule has 0 spiro atoms. The van der Waals surface area contributed by atoms with Crippen LogP contribution in [0.1, 0.15) is 48.3 Å². The number of thioether (sulfide) groups is 1. The second kappa shape index (κ2) is 7.01. The van der Waals surface area contributed by atoms with E-state index in [2.05, 4.69) is 15.7 Å². The molecule has 3 N–H and O–H groups in total. The van der Waals surface area contributed by atoms with Crippen molar-refractivity contribution in [1.29, 1.82) is 0 Å². The molecule has 1 amide bonds. The monoisotopic (exact) mass is 386 g/mol. The Bertz CT molecular complexity index is 863. The predicted molar refractivity (Wildman–Crippen MR) is 101 cm³/mol. The van der Waals surface area contributed by atoms with E-state index in [9.17, 15) is 4.79 Å². The molecule has 1 saturated carbocycles. The van der Waals surface area contributed by atoms with Crippen LogP contribution in [-0.4, -0.2) is 22.4 Å². The maximum atomic E-state index is 11.6. The highest BCUT2D eigenvalue weighted by molar-refractivity contribution is 7.98. The lowest BCUT2D eigenvalue weighted by atomic mass is 9.62. The molecule has 1 unspecified atom stereocenters. The average molecular weight is 386 g/mol. The minimum atomic E-state index is -0.586. The highest BCUT2D eigenvalue weighted by Crippen LogP contribution is 2.52. The van der Waals surface area contributed by atoms with Crippen molar-refractivity contribution in [3.63, 3.8) is 0 Å². The van der Waals surface area contributed by atoms with Gasteiger partial charge in [0.2, 0.25) is 17.5 Å². The first kappa shape index (κ1) is 18.1. The number of carbonyl (C=O) groups excluding carboxylic acids is 1. The molecule has 2 aromatic rings. The standard InChI is InChI=1S/C19H22N4O3S/c1-11(27-2)17-21-22-18(25-17)12-8-14(9-12)19(13-6-4-3-5-7-13)10-15(16(20)24)26-23-19/h3-7,10-12,14,23H,8-9H2,1-2H3,(H2,20,24)/t11?,12?,14?,19-/m0/s1. The fraction of sp³-hybridized carbons (Fsp3) is 0.421. The molecule has 0 radical (unpaired) electrons. The van der Waals surface area contributed by atoms with Gasteiger partial charge in [-0.05, 0) is 43.6 Å². The molecule has 1 aromatic carbocycles. The van der Waals surface area contributed by atoms with Crippen LogP contribution in [0.4, 0.5) is 0 Å². The minimum Gasteiger partial charge on any atom is -0.424 e. The van der Waals surface area contributed by atoms with E-state index in [0.717, 1.165) is 18.4 Å². The summed E-state index contributed by atoms with van der Waals surface area (Å²) in [4.78, 5) is 17.0. The van der Waals surface area contributed by atoms with Gasteiger partial charge in [0.1, 0.15) is 5.54 Å². The highest BCUT2D eigenvalue weighted by Gasteiger charge is 2.51. The van der Waals surface area contributed by atoms with Crippen molar-refractivity contribution in [2.45, 2.75) is 36.5 Å². The summed E-state index contributed by atoms with van der Waals surface area (Å²) < 4.78 is 5.86. The average Bonchev–Trinajstić information content (AvgIpc) is 3.29. The number of carbonyl (C=O) groups is 1. The molecule has 1 aromatic heterocycles. The number of amides is 1. The quantitative estimate of drug-likeness (QED) is 0.787. The molecule has 0 saturated heterocycles. The van der Waals surface area contributed by atoms with E-state index in [0.29, 0.717) is 11.8 Å². The van der Waals surface area contributed by atoms with E-state index < -0.39 is 11.4 Å². The summed E-state index contributed by atoms with van der Waals surface area (Å²) in [7, 11) is 0. The first-order chi connectivity index (χ1) is 13.0. The molecule has 7 nitrogen and oxygen atoms in total. The molecule has 0 bridgehead atoms. The van der Waals surface area contributed by atoms with E-state index in [-0.39, 0.29) is 22.8 Å². The van der Waals surface area contributed by atoms with Gasteiger partial charge < -0.3 is 15.0 Å². The van der Waals surface area contributed by atoms with Crippen LogP contribution in [0.25, 0.3) is 0 Å². The third-order valence-corrected chi connectivity index (χ3v) is 6.38. The molecule has 2 aliphatic rings. The Labute approximate surface area is 161 Å². The van der Waals surface area contributed by atoms with Crippen molar-refractivity contribution in [3.8, 4) is 0 Å². The zero-order chi connectivity index (χ0) is 19.0. The van der Waals surface area contributed by atoms with Crippen LogP contribution < -0.4 is 11.2 Å². The Morgan fingerprint density at radius 3 is 2.70 bits per heavy atom. The van der Waals surface area contributed by atoms with Gasteiger partial charge in [0, 0.05) is 5.92 Å². The number of rotatable bonds is 6. The van der Waals surface area contributed by atoms with Crippen LogP contribution in [-0.2, 0) is 15.2 Å². The van der Waals surface area contributed by atoms with E-state index in [1.54, 1.807) is 17.8 Å². The lowest BCUT2D eigenvalue weighted by molar-refractivity contribution is -0.119. The van der Waals surface area contributed by atoms with E-state index in [4.69, 9.17) is 15.0 Å². The van der Waals surface area contributed by atoms with Gasteiger partial charge in [-0.25, -0.2) is 0 Å². The van der Waals surface area contributed by atoms with Gasteiger partial charge in [-0.2, -0.15) is 11.8 Å². The van der Waals surface area contributed by atoms with Gasteiger partial charge in [-0.3, -0.25) is 4.79 Å². The van der Waals surface area contributed by atoms with Crippen LogP contribution >= 0.6 is 11.8 Å². The van der Waals surface area contributed by atoms with Gasteiger partial charge in [-0.1, -0.05) is 30.3 Å². The maximum Gasteiger partial charge on any atom is 0.286 e. The van der Waals surface area contributed by atoms with Crippen LogP contribution in [0.15, 0.2) is 46.6 Å². The van der Waals surface area contributed by atoms with Gasteiger partial charge in [0.15, 0.2) is 0 Å². The number of nitrogens with one attached hydrogen (secondary N) is 1. The minimum absolute atomic E-state index is 0.149. The number of aromatic nitrogens is 2. The normalized spacial score (nSPS) is 28.1.